The van der Waals surface area contributed by atoms with Gasteiger partial charge in [0.05, 0.1) is 17.4 Å². The van der Waals surface area contributed by atoms with Crippen LogP contribution in [0.5, 0.6) is 0 Å². The largest absolute Gasteiger partial charge is 0.381 e. The smallest absolute Gasteiger partial charge is 0.256 e. The lowest BCUT2D eigenvalue weighted by atomic mass is 10.0. The first-order chi connectivity index (χ1) is 9.15. The number of hydrogen-bond acceptors (Lipinski definition) is 4. The van der Waals surface area contributed by atoms with Crippen molar-refractivity contribution in [3.05, 3.63) is 29.3 Å². The summed E-state index contributed by atoms with van der Waals surface area (Å²) in [6.45, 7) is 3.43. The summed E-state index contributed by atoms with van der Waals surface area (Å²) in [5.41, 5.74) is 4.98. The molecule has 1 aromatic carbocycles. The van der Waals surface area contributed by atoms with Crippen LogP contribution in [0.15, 0.2) is 18.2 Å². The van der Waals surface area contributed by atoms with Gasteiger partial charge in [-0.2, -0.15) is 0 Å². The Balaban J connectivity index is 2.12. The lowest BCUT2D eigenvalue weighted by Crippen LogP contribution is -2.40. The molecule has 5 nitrogen and oxygen atoms in total. The van der Waals surface area contributed by atoms with Gasteiger partial charge in [-0.05, 0) is 37.5 Å². The number of amides is 1. The van der Waals surface area contributed by atoms with E-state index in [2.05, 4.69) is 5.43 Å². The van der Waals surface area contributed by atoms with E-state index in [1.807, 2.05) is 30.0 Å². The van der Waals surface area contributed by atoms with Crippen molar-refractivity contribution in [3.8, 4) is 0 Å². The number of nitrogens with zero attached hydrogens (tertiary/aromatic N) is 1. The van der Waals surface area contributed by atoms with Gasteiger partial charge in [0.1, 0.15) is 0 Å². The summed E-state index contributed by atoms with van der Waals surface area (Å²) >= 11 is 0. The summed E-state index contributed by atoms with van der Waals surface area (Å²) in [6, 6.07) is 5.64. The van der Waals surface area contributed by atoms with E-state index >= 15 is 0 Å². The molecule has 1 heterocycles. The molecule has 0 radical (unpaired) electrons. The highest BCUT2D eigenvalue weighted by atomic mass is 16.5. The minimum absolute atomic E-state index is 0.0301. The highest BCUT2D eigenvalue weighted by Crippen LogP contribution is 2.21. The fourth-order valence-corrected chi connectivity index (χ4v) is 2.43. The Kier molecular flexibility index (Phi) is 4.39. The Morgan fingerprint density at radius 3 is 2.68 bits per heavy atom. The molecule has 1 aromatic rings. The molecule has 0 spiro atoms. The zero-order valence-electron chi connectivity index (χ0n) is 11.5. The zero-order chi connectivity index (χ0) is 13.8. The SMILES string of the molecule is COC1CCN(C(=O)c2ccc(C)cc2NN)CC1. The summed E-state index contributed by atoms with van der Waals surface area (Å²) < 4.78 is 5.32. The van der Waals surface area contributed by atoms with Crippen molar-refractivity contribution in [2.45, 2.75) is 25.9 Å². The quantitative estimate of drug-likeness (QED) is 0.641. The molecule has 0 aliphatic carbocycles. The molecule has 1 aliphatic rings. The van der Waals surface area contributed by atoms with Gasteiger partial charge in [-0.15, -0.1) is 0 Å². The Morgan fingerprint density at radius 1 is 1.42 bits per heavy atom. The van der Waals surface area contributed by atoms with Gasteiger partial charge in [0.2, 0.25) is 0 Å². The number of rotatable bonds is 3. The van der Waals surface area contributed by atoms with Crippen molar-refractivity contribution in [3.63, 3.8) is 0 Å². The second-order valence-corrected chi connectivity index (χ2v) is 4.92. The summed E-state index contributed by atoms with van der Waals surface area (Å²) in [6.07, 6.45) is 2.05. The highest BCUT2D eigenvalue weighted by molar-refractivity contribution is 5.99. The lowest BCUT2D eigenvalue weighted by molar-refractivity contribution is 0.0351. The summed E-state index contributed by atoms with van der Waals surface area (Å²) in [7, 11) is 1.72. The Hall–Kier alpha value is -1.59. The van der Waals surface area contributed by atoms with Crippen LogP contribution in [0.2, 0.25) is 0 Å². The first kappa shape index (κ1) is 13.8. The van der Waals surface area contributed by atoms with Gasteiger partial charge in [0.25, 0.3) is 5.91 Å². The van der Waals surface area contributed by atoms with Crippen LogP contribution in [0.1, 0.15) is 28.8 Å². The number of nitrogens with two attached hydrogens (primary N) is 1. The first-order valence-corrected chi connectivity index (χ1v) is 6.55. The van der Waals surface area contributed by atoms with E-state index in [0.29, 0.717) is 11.3 Å². The van der Waals surface area contributed by atoms with Crippen molar-refractivity contribution in [2.24, 2.45) is 5.84 Å². The number of hydrazine groups is 1. The summed E-state index contributed by atoms with van der Waals surface area (Å²) in [5.74, 6) is 5.52. The summed E-state index contributed by atoms with van der Waals surface area (Å²) in [5, 5.41) is 0. The second-order valence-electron chi connectivity index (χ2n) is 4.92. The number of nitrogen functional groups attached to an aromatic ring is 1. The standard InChI is InChI=1S/C14H21N3O2/c1-10-3-4-12(13(9-10)16-15)14(18)17-7-5-11(19-2)6-8-17/h3-4,9,11,16H,5-8,15H2,1-2H3. The monoisotopic (exact) mass is 263 g/mol. The van der Waals surface area contributed by atoms with Crippen molar-refractivity contribution < 1.29 is 9.53 Å². The van der Waals surface area contributed by atoms with Crippen LogP contribution in [0.4, 0.5) is 5.69 Å². The number of carbonyl (C=O) groups excluding carboxylic acids is 1. The van der Waals surface area contributed by atoms with E-state index in [1.54, 1.807) is 7.11 Å². The topological polar surface area (TPSA) is 67.6 Å². The average Bonchev–Trinajstić information content (AvgIpc) is 2.46. The second kappa shape index (κ2) is 6.04. The predicted molar refractivity (Wildman–Crippen MR) is 74.9 cm³/mol. The van der Waals surface area contributed by atoms with Crippen molar-refractivity contribution in [2.75, 3.05) is 25.6 Å². The third-order valence-electron chi connectivity index (χ3n) is 3.62. The molecule has 3 N–H and O–H groups in total. The minimum atomic E-state index is 0.0301. The van der Waals surface area contributed by atoms with Gasteiger partial charge in [-0.25, -0.2) is 0 Å². The van der Waals surface area contributed by atoms with E-state index < -0.39 is 0 Å². The van der Waals surface area contributed by atoms with E-state index in [1.165, 1.54) is 0 Å². The lowest BCUT2D eigenvalue weighted by Gasteiger charge is -2.31. The molecular formula is C14H21N3O2. The molecule has 2 rings (SSSR count). The van der Waals surface area contributed by atoms with Gasteiger partial charge < -0.3 is 15.1 Å². The van der Waals surface area contributed by atoms with Crippen LogP contribution in [-0.2, 0) is 4.74 Å². The molecule has 0 unspecified atom stereocenters. The zero-order valence-corrected chi connectivity index (χ0v) is 11.5. The molecule has 0 bridgehead atoms. The third-order valence-corrected chi connectivity index (χ3v) is 3.62. The maximum Gasteiger partial charge on any atom is 0.256 e. The molecule has 1 aliphatic heterocycles. The number of carbonyl (C=O) groups is 1. The van der Waals surface area contributed by atoms with Gasteiger partial charge >= 0.3 is 0 Å². The number of benzene rings is 1. The molecule has 1 saturated heterocycles. The number of ether oxygens (including phenoxy) is 1. The number of likely N-dealkylation sites (tertiary alicyclic amines) is 1. The molecule has 0 saturated carbocycles. The molecule has 1 fully saturated rings. The first-order valence-electron chi connectivity index (χ1n) is 6.55. The van der Waals surface area contributed by atoms with Crippen LogP contribution >= 0.6 is 0 Å². The van der Waals surface area contributed by atoms with Crippen molar-refractivity contribution in [1.82, 2.24) is 4.90 Å². The average molecular weight is 263 g/mol. The molecule has 0 atom stereocenters. The van der Waals surface area contributed by atoms with Gasteiger partial charge in [-0.1, -0.05) is 6.07 Å². The molecule has 104 valence electrons. The number of methoxy groups -OCH3 is 1. The van der Waals surface area contributed by atoms with E-state index in [-0.39, 0.29) is 12.0 Å². The van der Waals surface area contributed by atoms with Gasteiger partial charge in [0, 0.05) is 20.2 Å². The molecule has 0 aromatic heterocycles. The third kappa shape index (κ3) is 3.05. The predicted octanol–water partition coefficient (Wildman–Crippen LogP) is 1.53. The van der Waals surface area contributed by atoms with Crippen LogP contribution in [0, 0.1) is 6.92 Å². The number of nitrogens with one attached hydrogen (secondary N) is 1. The molecule has 5 heteroatoms. The van der Waals surface area contributed by atoms with Crippen LogP contribution < -0.4 is 11.3 Å². The van der Waals surface area contributed by atoms with E-state index in [0.717, 1.165) is 31.5 Å². The highest BCUT2D eigenvalue weighted by Gasteiger charge is 2.24. The van der Waals surface area contributed by atoms with Crippen molar-refractivity contribution in [1.29, 1.82) is 0 Å². The molecule has 19 heavy (non-hydrogen) atoms. The number of piperidine rings is 1. The maximum absolute atomic E-state index is 12.5. The Morgan fingerprint density at radius 2 is 2.11 bits per heavy atom. The minimum Gasteiger partial charge on any atom is -0.381 e. The maximum atomic E-state index is 12.5. The van der Waals surface area contributed by atoms with Crippen molar-refractivity contribution >= 4 is 11.6 Å². The van der Waals surface area contributed by atoms with Crippen LogP contribution in [-0.4, -0.2) is 37.1 Å². The van der Waals surface area contributed by atoms with Crippen LogP contribution in [0.3, 0.4) is 0 Å². The Bertz CT molecular complexity index is 454. The number of anilines is 1. The molecular weight excluding hydrogens is 242 g/mol. The fraction of sp³-hybridized carbons (Fsp3) is 0.500. The Labute approximate surface area is 113 Å². The summed E-state index contributed by atoms with van der Waals surface area (Å²) in [4.78, 5) is 14.3. The fourth-order valence-electron chi connectivity index (χ4n) is 2.43. The van der Waals surface area contributed by atoms with Crippen LogP contribution in [0.25, 0.3) is 0 Å². The van der Waals surface area contributed by atoms with E-state index in [9.17, 15) is 4.79 Å². The normalized spacial score (nSPS) is 16.5. The number of hydrogen-bond donors (Lipinski definition) is 2. The van der Waals surface area contributed by atoms with Gasteiger partial charge in [0.15, 0.2) is 0 Å². The molecule has 1 amide bonds. The van der Waals surface area contributed by atoms with Gasteiger partial charge in [-0.3, -0.25) is 10.6 Å². The van der Waals surface area contributed by atoms with E-state index in [4.69, 9.17) is 10.6 Å². The number of aryl methyl sites for hydroxylation is 1.